The van der Waals surface area contributed by atoms with E-state index in [0.29, 0.717) is 6.42 Å². The molecular weight excluding hydrogens is 172 g/mol. The van der Waals surface area contributed by atoms with Gasteiger partial charge < -0.3 is 5.73 Å². The predicted molar refractivity (Wildman–Crippen MR) is 41.2 cm³/mol. The van der Waals surface area contributed by atoms with Gasteiger partial charge in [0.2, 0.25) is 5.91 Å². The van der Waals surface area contributed by atoms with E-state index in [2.05, 4.69) is 5.73 Å². The van der Waals surface area contributed by atoms with Crippen molar-refractivity contribution in [1.82, 2.24) is 0 Å². The van der Waals surface area contributed by atoms with Gasteiger partial charge in [0.15, 0.2) is 0 Å². The summed E-state index contributed by atoms with van der Waals surface area (Å²) in [6.45, 7) is 1.72. The van der Waals surface area contributed by atoms with Gasteiger partial charge in [-0.2, -0.15) is 0 Å². The maximum absolute atomic E-state index is 9.59. The number of hydrogen-bond acceptors (Lipinski definition) is 1. The molecule has 0 bridgehead atoms. The van der Waals surface area contributed by atoms with Gasteiger partial charge in [-0.3, -0.25) is 4.79 Å². The smallest absolute Gasteiger partial charge is 0.217 e. The number of carbonyl (C=O) groups is 1. The molecular formula is C3H10Cl3NO. The van der Waals surface area contributed by atoms with E-state index in [4.69, 9.17) is 0 Å². The Morgan fingerprint density at radius 2 is 1.50 bits per heavy atom. The zero-order valence-electron chi connectivity index (χ0n) is 4.42. The van der Waals surface area contributed by atoms with Crippen LogP contribution in [0.4, 0.5) is 0 Å². The molecule has 0 rings (SSSR count). The lowest BCUT2D eigenvalue weighted by molar-refractivity contribution is -0.117. The maximum atomic E-state index is 9.59. The molecule has 0 radical (unpaired) electrons. The highest BCUT2D eigenvalue weighted by atomic mass is 35.5. The van der Waals surface area contributed by atoms with Gasteiger partial charge in [-0.15, -0.1) is 37.2 Å². The number of nitrogens with two attached hydrogens (primary N) is 1. The summed E-state index contributed by atoms with van der Waals surface area (Å²) in [5.74, 6) is -0.245. The summed E-state index contributed by atoms with van der Waals surface area (Å²) < 4.78 is 0. The van der Waals surface area contributed by atoms with Crippen LogP contribution in [0.25, 0.3) is 0 Å². The molecule has 0 fully saturated rings. The third-order valence-electron chi connectivity index (χ3n) is 0.348. The zero-order chi connectivity index (χ0) is 4.28. The van der Waals surface area contributed by atoms with Gasteiger partial charge in [-0.25, -0.2) is 0 Å². The molecule has 0 aromatic heterocycles. The lowest BCUT2D eigenvalue weighted by atomic mass is 10.5. The summed E-state index contributed by atoms with van der Waals surface area (Å²) >= 11 is 0. The van der Waals surface area contributed by atoms with Gasteiger partial charge in [0.1, 0.15) is 0 Å². The number of primary amides is 1. The minimum atomic E-state index is -0.245. The van der Waals surface area contributed by atoms with Crippen molar-refractivity contribution < 1.29 is 4.79 Å². The van der Waals surface area contributed by atoms with Crippen molar-refractivity contribution in [2.45, 2.75) is 13.3 Å². The zero-order valence-corrected chi connectivity index (χ0v) is 6.87. The SMILES string of the molecule is CCC(N)=O.Cl.Cl.Cl. The van der Waals surface area contributed by atoms with E-state index in [1.165, 1.54) is 0 Å². The van der Waals surface area contributed by atoms with Crippen LogP contribution in [0.1, 0.15) is 13.3 Å². The molecule has 0 saturated heterocycles. The molecule has 0 heterocycles. The van der Waals surface area contributed by atoms with E-state index in [1.54, 1.807) is 6.92 Å². The van der Waals surface area contributed by atoms with Gasteiger partial charge in [-0.05, 0) is 0 Å². The van der Waals surface area contributed by atoms with E-state index < -0.39 is 0 Å². The first-order valence-corrected chi connectivity index (χ1v) is 1.55. The molecule has 0 saturated carbocycles. The lowest BCUT2D eigenvalue weighted by Crippen LogP contribution is -2.06. The predicted octanol–water partition coefficient (Wildman–Crippen LogP) is 1.15. The van der Waals surface area contributed by atoms with Gasteiger partial charge in [0.05, 0.1) is 0 Å². The molecule has 0 aromatic rings. The van der Waals surface area contributed by atoms with Crippen molar-refractivity contribution in [2.24, 2.45) is 5.73 Å². The molecule has 2 N–H and O–H groups in total. The third-order valence-corrected chi connectivity index (χ3v) is 0.348. The van der Waals surface area contributed by atoms with Crippen LogP contribution in [0.5, 0.6) is 0 Å². The molecule has 5 heteroatoms. The third kappa shape index (κ3) is 33.0. The average molecular weight is 182 g/mol. The van der Waals surface area contributed by atoms with Crippen LogP contribution < -0.4 is 5.73 Å². The first-order chi connectivity index (χ1) is 2.27. The lowest BCUT2D eigenvalue weighted by Gasteiger charge is -1.73. The Kier molecular flexibility index (Phi) is 46.7. The molecule has 0 aliphatic rings. The van der Waals surface area contributed by atoms with Crippen LogP contribution in [0.15, 0.2) is 0 Å². The first-order valence-electron chi connectivity index (χ1n) is 1.55. The molecule has 0 aromatic carbocycles. The topological polar surface area (TPSA) is 43.1 Å². The van der Waals surface area contributed by atoms with Crippen molar-refractivity contribution in [1.29, 1.82) is 0 Å². The largest absolute Gasteiger partial charge is 0.370 e. The van der Waals surface area contributed by atoms with Crippen molar-refractivity contribution in [3.05, 3.63) is 0 Å². The van der Waals surface area contributed by atoms with Crippen LogP contribution in [-0.2, 0) is 4.79 Å². The molecule has 0 aliphatic heterocycles. The Balaban J connectivity index is -0.0000000267. The van der Waals surface area contributed by atoms with Crippen molar-refractivity contribution in [3.8, 4) is 0 Å². The second-order valence-corrected chi connectivity index (χ2v) is 0.820. The van der Waals surface area contributed by atoms with Gasteiger partial charge in [0.25, 0.3) is 0 Å². The van der Waals surface area contributed by atoms with E-state index >= 15 is 0 Å². The van der Waals surface area contributed by atoms with Gasteiger partial charge in [0, 0.05) is 6.42 Å². The first kappa shape index (κ1) is 23.9. The molecule has 0 atom stereocenters. The summed E-state index contributed by atoms with van der Waals surface area (Å²) in [7, 11) is 0. The van der Waals surface area contributed by atoms with E-state index in [1.807, 2.05) is 0 Å². The molecule has 0 spiro atoms. The minimum Gasteiger partial charge on any atom is -0.370 e. The van der Waals surface area contributed by atoms with Crippen LogP contribution in [0, 0.1) is 0 Å². The normalized spacial score (nSPS) is 4.62. The Hall–Kier alpha value is 0.340. The average Bonchev–Trinajstić information content (AvgIpc) is 1.38. The summed E-state index contributed by atoms with van der Waals surface area (Å²) in [6.07, 6.45) is 0.444. The van der Waals surface area contributed by atoms with E-state index in [9.17, 15) is 4.79 Å². The number of hydrogen-bond donors (Lipinski definition) is 1. The van der Waals surface area contributed by atoms with Gasteiger partial charge >= 0.3 is 0 Å². The summed E-state index contributed by atoms with van der Waals surface area (Å²) in [5.41, 5.74) is 4.65. The monoisotopic (exact) mass is 181 g/mol. The van der Waals surface area contributed by atoms with Crippen LogP contribution in [-0.4, -0.2) is 5.91 Å². The number of carbonyl (C=O) groups excluding carboxylic acids is 1. The Bertz CT molecular complexity index is 49.8. The summed E-state index contributed by atoms with van der Waals surface area (Å²) in [6, 6.07) is 0. The fourth-order valence-corrected chi connectivity index (χ4v) is 0. The Morgan fingerprint density at radius 1 is 1.38 bits per heavy atom. The number of rotatable bonds is 1. The standard InChI is InChI=1S/C3H7NO.3ClH/c1-2-3(4)5;;;/h2H2,1H3,(H2,4,5);3*1H. The number of halogens is 3. The fraction of sp³-hybridized carbons (Fsp3) is 0.667. The highest BCUT2D eigenvalue weighted by molar-refractivity contribution is 5.86. The second kappa shape index (κ2) is 15.7. The summed E-state index contributed by atoms with van der Waals surface area (Å²) in [5, 5.41) is 0. The molecule has 1 amide bonds. The van der Waals surface area contributed by atoms with E-state index in [-0.39, 0.29) is 43.1 Å². The minimum absolute atomic E-state index is 0. The van der Waals surface area contributed by atoms with Crippen molar-refractivity contribution in [3.63, 3.8) is 0 Å². The van der Waals surface area contributed by atoms with Crippen LogP contribution >= 0.6 is 37.2 Å². The fourth-order valence-electron chi connectivity index (χ4n) is 0. The highest BCUT2D eigenvalue weighted by Gasteiger charge is 1.77. The molecule has 0 aliphatic carbocycles. The maximum Gasteiger partial charge on any atom is 0.217 e. The molecule has 0 unspecified atom stereocenters. The van der Waals surface area contributed by atoms with Gasteiger partial charge in [-0.1, -0.05) is 6.92 Å². The molecule has 54 valence electrons. The molecule has 8 heavy (non-hydrogen) atoms. The molecule has 2 nitrogen and oxygen atoms in total. The second-order valence-electron chi connectivity index (χ2n) is 0.820. The van der Waals surface area contributed by atoms with Crippen LogP contribution in [0.3, 0.4) is 0 Å². The van der Waals surface area contributed by atoms with Crippen molar-refractivity contribution >= 4 is 43.1 Å². The Labute approximate surface area is 67.4 Å². The quantitative estimate of drug-likeness (QED) is 0.649. The highest BCUT2D eigenvalue weighted by Crippen LogP contribution is 1.63. The summed E-state index contributed by atoms with van der Waals surface area (Å²) in [4.78, 5) is 9.59. The van der Waals surface area contributed by atoms with Crippen molar-refractivity contribution in [2.75, 3.05) is 0 Å². The Morgan fingerprint density at radius 3 is 1.50 bits per heavy atom. The van der Waals surface area contributed by atoms with E-state index in [0.717, 1.165) is 0 Å². The van der Waals surface area contributed by atoms with Crippen LogP contribution in [0.2, 0.25) is 0 Å². The number of amides is 1.